The fourth-order valence-corrected chi connectivity index (χ4v) is 3.69. The Labute approximate surface area is 147 Å². The molecule has 0 spiro atoms. The Bertz CT molecular complexity index is 650. The van der Waals surface area contributed by atoms with Gasteiger partial charge in [0.1, 0.15) is 0 Å². The first-order valence-corrected chi connectivity index (χ1v) is 8.41. The molecule has 1 aliphatic rings. The molecule has 23 heavy (non-hydrogen) atoms. The molecule has 1 unspecified atom stereocenters. The molecule has 3 rings (SSSR count). The van der Waals surface area contributed by atoms with Gasteiger partial charge in [-0.2, -0.15) is 0 Å². The summed E-state index contributed by atoms with van der Waals surface area (Å²) in [5.41, 5.74) is 6.51. The van der Waals surface area contributed by atoms with Crippen LogP contribution in [-0.2, 0) is 0 Å². The molecule has 1 atom stereocenters. The minimum absolute atomic E-state index is 0. The van der Waals surface area contributed by atoms with Gasteiger partial charge >= 0.3 is 0 Å². The van der Waals surface area contributed by atoms with Crippen LogP contribution < -0.4 is 5.73 Å². The fourth-order valence-electron chi connectivity index (χ4n) is 2.73. The van der Waals surface area contributed by atoms with E-state index in [0.29, 0.717) is 12.5 Å². The van der Waals surface area contributed by atoms with Gasteiger partial charge in [0.05, 0.1) is 5.56 Å². The summed E-state index contributed by atoms with van der Waals surface area (Å²) < 4.78 is 0. The lowest BCUT2D eigenvalue weighted by atomic mass is 10.1. The van der Waals surface area contributed by atoms with Crippen LogP contribution in [0.1, 0.15) is 16.8 Å². The first-order chi connectivity index (χ1) is 10.8. The van der Waals surface area contributed by atoms with Crippen molar-refractivity contribution in [2.75, 3.05) is 19.6 Å². The number of nitrogens with zero attached hydrogens (tertiary/aromatic N) is 1. The minimum Gasteiger partial charge on any atom is -0.338 e. The summed E-state index contributed by atoms with van der Waals surface area (Å²) in [6, 6.07) is 18.0. The largest absolute Gasteiger partial charge is 0.338 e. The maximum atomic E-state index is 12.8. The average molecular weight is 349 g/mol. The molecule has 122 valence electrons. The number of benzene rings is 2. The van der Waals surface area contributed by atoms with E-state index in [1.54, 1.807) is 11.8 Å². The third kappa shape index (κ3) is 4.28. The molecule has 1 fully saturated rings. The second-order valence-corrected chi connectivity index (χ2v) is 6.67. The fraction of sp³-hybridized carbons (Fsp3) is 0.278. The maximum Gasteiger partial charge on any atom is 0.255 e. The minimum atomic E-state index is 0. The Hall–Kier alpha value is -1.49. The summed E-state index contributed by atoms with van der Waals surface area (Å²) in [6.45, 7) is 2.24. The zero-order chi connectivity index (χ0) is 15.4. The standard InChI is InChI=1S/C18H20N2OS.ClH/c19-12-14-10-11-20(13-14)18(21)16-8-4-5-9-17(16)22-15-6-2-1-3-7-15;/h1-9,14H,10-13,19H2;1H. The van der Waals surface area contributed by atoms with E-state index in [2.05, 4.69) is 12.1 Å². The van der Waals surface area contributed by atoms with E-state index >= 15 is 0 Å². The Balaban J connectivity index is 0.00000192. The molecule has 1 amide bonds. The first-order valence-electron chi connectivity index (χ1n) is 7.59. The topological polar surface area (TPSA) is 46.3 Å². The van der Waals surface area contributed by atoms with Gasteiger partial charge in [-0.05, 0) is 43.1 Å². The molecular weight excluding hydrogens is 328 g/mol. The molecule has 0 aliphatic carbocycles. The van der Waals surface area contributed by atoms with Crippen molar-refractivity contribution in [2.24, 2.45) is 11.7 Å². The number of carbonyl (C=O) groups excluding carboxylic acids is 1. The lowest BCUT2D eigenvalue weighted by molar-refractivity contribution is 0.0784. The third-order valence-electron chi connectivity index (χ3n) is 3.99. The van der Waals surface area contributed by atoms with Crippen LogP contribution >= 0.6 is 24.2 Å². The molecule has 1 heterocycles. The van der Waals surface area contributed by atoms with Crippen LogP contribution in [0.2, 0.25) is 0 Å². The highest BCUT2D eigenvalue weighted by atomic mass is 35.5. The van der Waals surface area contributed by atoms with Gasteiger partial charge in [0.15, 0.2) is 0 Å². The average Bonchev–Trinajstić information content (AvgIpc) is 3.05. The van der Waals surface area contributed by atoms with Crippen LogP contribution in [0.15, 0.2) is 64.4 Å². The number of amides is 1. The van der Waals surface area contributed by atoms with E-state index in [1.807, 2.05) is 47.4 Å². The number of hydrogen-bond acceptors (Lipinski definition) is 3. The Morgan fingerprint density at radius 1 is 1.13 bits per heavy atom. The molecule has 0 aromatic heterocycles. The van der Waals surface area contributed by atoms with Crippen LogP contribution in [0.4, 0.5) is 0 Å². The van der Waals surface area contributed by atoms with Gasteiger partial charge in [0.2, 0.25) is 0 Å². The monoisotopic (exact) mass is 348 g/mol. The molecular formula is C18H21ClN2OS. The van der Waals surface area contributed by atoms with Crippen molar-refractivity contribution >= 4 is 30.1 Å². The molecule has 1 aliphatic heterocycles. The van der Waals surface area contributed by atoms with E-state index in [9.17, 15) is 4.79 Å². The van der Waals surface area contributed by atoms with Gasteiger partial charge < -0.3 is 10.6 Å². The summed E-state index contributed by atoms with van der Waals surface area (Å²) in [5.74, 6) is 0.563. The molecule has 3 nitrogen and oxygen atoms in total. The van der Waals surface area contributed by atoms with Crippen LogP contribution in [0.3, 0.4) is 0 Å². The van der Waals surface area contributed by atoms with Crippen LogP contribution in [0.25, 0.3) is 0 Å². The van der Waals surface area contributed by atoms with Gasteiger partial charge in [0, 0.05) is 22.9 Å². The van der Waals surface area contributed by atoms with Gasteiger partial charge in [-0.25, -0.2) is 0 Å². The number of halogens is 1. The summed E-state index contributed by atoms with van der Waals surface area (Å²) in [6.07, 6.45) is 1.01. The van der Waals surface area contributed by atoms with E-state index in [1.165, 1.54) is 0 Å². The maximum absolute atomic E-state index is 12.8. The highest BCUT2D eigenvalue weighted by molar-refractivity contribution is 7.99. The van der Waals surface area contributed by atoms with Crippen molar-refractivity contribution < 1.29 is 4.79 Å². The SMILES string of the molecule is Cl.NCC1CCN(C(=O)c2ccccc2Sc2ccccc2)C1. The Kier molecular flexibility index (Phi) is 6.51. The van der Waals surface area contributed by atoms with E-state index in [4.69, 9.17) is 5.73 Å². The van der Waals surface area contributed by atoms with Crippen molar-refractivity contribution in [3.05, 3.63) is 60.2 Å². The molecule has 0 saturated carbocycles. The van der Waals surface area contributed by atoms with E-state index in [-0.39, 0.29) is 18.3 Å². The normalized spacial score (nSPS) is 16.9. The summed E-state index contributed by atoms with van der Waals surface area (Å²) in [5, 5.41) is 0. The zero-order valence-corrected chi connectivity index (χ0v) is 14.5. The summed E-state index contributed by atoms with van der Waals surface area (Å²) >= 11 is 1.64. The number of rotatable bonds is 4. The highest BCUT2D eigenvalue weighted by Crippen LogP contribution is 2.31. The second kappa shape index (κ2) is 8.39. The van der Waals surface area contributed by atoms with E-state index in [0.717, 1.165) is 34.9 Å². The third-order valence-corrected chi connectivity index (χ3v) is 5.08. The summed E-state index contributed by atoms with van der Waals surface area (Å²) in [7, 11) is 0. The Morgan fingerprint density at radius 3 is 2.52 bits per heavy atom. The zero-order valence-electron chi connectivity index (χ0n) is 12.9. The molecule has 2 aromatic carbocycles. The Morgan fingerprint density at radius 2 is 1.83 bits per heavy atom. The highest BCUT2D eigenvalue weighted by Gasteiger charge is 2.27. The van der Waals surface area contributed by atoms with Gasteiger partial charge in [0.25, 0.3) is 5.91 Å². The number of nitrogens with two attached hydrogens (primary N) is 1. The van der Waals surface area contributed by atoms with Crippen LogP contribution in [0.5, 0.6) is 0 Å². The predicted molar refractivity (Wildman–Crippen MR) is 97.3 cm³/mol. The predicted octanol–water partition coefficient (Wildman–Crippen LogP) is 3.68. The molecule has 0 radical (unpaired) electrons. The van der Waals surface area contributed by atoms with Crippen molar-refractivity contribution in [3.63, 3.8) is 0 Å². The van der Waals surface area contributed by atoms with Crippen molar-refractivity contribution in [1.82, 2.24) is 4.90 Å². The first kappa shape index (κ1) is 17.9. The van der Waals surface area contributed by atoms with Crippen LogP contribution in [-0.4, -0.2) is 30.4 Å². The van der Waals surface area contributed by atoms with Crippen molar-refractivity contribution in [1.29, 1.82) is 0 Å². The van der Waals surface area contributed by atoms with E-state index < -0.39 is 0 Å². The molecule has 2 N–H and O–H groups in total. The molecule has 0 bridgehead atoms. The molecule has 5 heteroatoms. The number of likely N-dealkylation sites (tertiary alicyclic amines) is 1. The molecule has 1 saturated heterocycles. The lowest BCUT2D eigenvalue weighted by Crippen LogP contribution is -2.30. The summed E-state index contributed by atoms with van der Waals surface area (Å²) in [4.78, 5) is 16.9. The van der Waals surface area contributed by atoms with Gasteiger partial charge in [-0.3, -0.25) is 4.79 Å². The van der Waals surface area contributed by atoms with Crippen molar-refractivity contribution in [3.8, 4) is 0 Å². The number of hydrogen-bond donors (Lipinski definition) is 1. The van der Waals surface area contributed by atoms with Crippen LogP contribution in [0, 0.1) is 5.92 Å². The number of carbonyl (C=O) groups is 1. The lowest BCUT2D eigenvalue weighted by Gasteiger charge is -2.18. The quantitative estimate of drug-likeness (QED) is 0.916. The second-order valence-electron chi connectivity index (χ2n) is 5.55. The van der Waals surface area contributed by atoms with Gasteiger partial charge in [-0.1, -0.05) is 42.1 Å². The molecule has 2 aromatic rings. The smallest absolute Gasteiger partial charge is 0.255 e. The van der Waals surface area contributed by atoms with Crippen molar-refractivity contribution in [2.45, 2.75) is 16.2 Å². The van der Waals surface area contributed by atoms with Gasteiger partial charge in [-0.15, -0.1) is 12.4 Å².